The van der Waals surface area contributed by atoms with Gasteiger partial charge in [-0.3, -0.25) is 9.59 Å². The summed E-state index contributed by atoms with van der Waals surface area (Å²) in [4.78, 5) is 25.6. The van der Waals surface area contributed by atoms with Gasteiger partial charge in [0.2, 0.25) is 0 Å². The molecule has 0 saturated carbocycles. The van der Waals surface area contributed by atoms with Crippen molar-refractivity contribution in [1.29, 1.82) is 0 Å². The third-order valence-corrected chi connectivity index (χ3v) is 4.78. The average Bonchev–Trinajstić information content (AvgIpc) is 2.67. The van der Waals surface area contributed by atoms with Gasteiger partial charge in [0.1, 0.15) is 0 Å². The van der Waals surface area contributed by atoms with Crippen LogP contribution in [0.3, 0.4) is 0 Å². The first-order valence-corrected chi connectivity index (χ1v) is 9.35. The topological polar surface area (TPSA) is 58.2 Å². The zero-order valence-electron chi connectivity index (χ0n) is 15.3. The van der Waals surface area contributed by atoms with Crippen LogP contribution >= 0.6 is 23.2 Å². The van der Waals surface area contributed by atoms with E-state index in [0.29, 0.717) is 21.4 Å². The second-order valence-electron chi connectivity index (χ2n) is 6.37. The molecule has 0 saturated heterocycles. The van der Waals surface area contributed by atoms with Gasteiger partial charge in [0.15, 0.2) is 0 Å². The third-order valence-electron chi connectivity index (χ3n) is 4.31. The van der Waals surface area contributed by atoms with Crippen LogP contribution in [0.25, 0.3) is 0 Å². The molecular formula is C22H18Cl2N2O2. The lowest BCUT2D eigenvalue weighted by atomic mass is 10.0. The van der Waals surface area contributed by atoms with Crippen LogP contribution in [0.5, 0.6) is 0 Å². The predicted octanol–water partition coefficient (Wildman–Crippen LogP) is 6.11. The minimum absolute atomic E-state index is 0.263. The largest absolute Gasteiger partial charge is 0.322 e. The molecule has 4 nitrogen and oxygen atoms in total. The molecule has 0 atom stereocenters. The molecule has 0 radical (unpaired) electrons. The van der Waals surface area contributed by atoms with Crippen LogP contribution in [0.4, 0.5) is 11.4 Å². The molecule has 3 rings (SSSR count). The van der Waals surface area contributed by atoms with E-state index in [9.17, 15) is 9.59 Å². The first-order chi connectivity index (χ1) is 13.3. The van der Waals surface area contributed by atoms with Crippen molar-refractivity contribution in [2.24, 2.45) is 0 Å². The summed E-state index contributed by atoms with van der Waals surface area (Å²) >= 11 is 12.0. The minimum Gasteiger partial charge on any atom is -0.322 e. The number of aryl methyl sites for hydroxylation is 2. The van der Waals surface area contributed by atoms with Crippen molar-refractivity contribution in [3.05, 3.63) is 93.0 Å². The summed E-state index contributed by atoms with van der Waals surface area (Å²) in [7, 11) is 0. The Kier molecular flexibility index (Phi) is 6.02. The van der Waals surface area contributed by atoms with Crippen molar-refractivity contribution >= 4 is 46.4 Å². The SMILES string of the molecule is Cc1ccc(Cl)cc1NC(=O)c1ccccc1C(=O)Nc1cc(Cl)ccc1C. The van der Waals surface area contributed by atoms with Gasteiger partial charge in [-0.25, -0.2) is 0 Å². The Morgan fingerprint density at radius 1 is 0.679 bits per heavy atom. The van der Waals surface area contributed by atoms with E-state index < -0.39 is 0 Å². The van der Waals surface area contributed by atoms with Crippen molar-refractivity contribution in [1.82, 2.24) is 0 Å². The van der Waals surface area contributed by atoms with E-state index in [2.05, 4.69) is 10.6 Å². The molecule has 3 aromatic carbocycles. The van der Waals surface area contributed by atoms with Crippen LogP contribution in [0, 0.1) is 13.8 Å². The average molecular weight is 413 g/mol. The first-order valence-electron chi connectivity index (χ1n) is 8.59. The molecule has 0 unspecified atom stereocenters. The molecule has 0 aliphatic rings. The van der Waals surface area contributed by atoms with Crippen molar-refractivity contribution in [3.8, 4) is 0 Å². The number of nitrogens with one attached hydrogen (secondary N) is 2. The number of anilines is 2. The van der Waals surface area contributed by atoms with Crippen LogP contribution < -0.4 is 10.6 Å². The predicted molar refractivity (Wildman–Crippen MR) is 115 cm³/mol. The highest BCUT2D eigenvalue weighted by Gasteiger charge is 2.18. The monoisotopic (exact) mass is 412 g/mol. The zero-order chi connectivity index (χ0) is 20.3. The van der Waals surface area contributed by atoms with E-state index in [1.807, 2.05) is 26.0 Å². The van der Waals surface area contributed by atoms with Gasteiger partial charge in [-0.15, -0.1) is 0 Å². The number of hydrogen-bond donors (Lipinski definition) is 2. The fourth-order valence-corrected chi connectivity index (χ4v) is 3.06. The molecule has 0 aliphatic heterocycles. The van der Waals surface area contributed by atoms with Gasteiger partial charge < -0.3 is 10.6 Å². The summed E-state index contributed by atoms with van der Waals surface area (Å²) in [5.74, 6) is -0.780. The number of carbonyl (C=O) groups is 2. The lowest BCUT2D eigenvalue weighted by Crippen LogP contribution is -2.20. The molecule has 142 valence electrons. The van der Waals surface area contributed by atoms with E-state index >= 15 is 0 Å². The second kappa shape index (κ2) is 8.46. The number of hydrogen-bond acceptors (Lipinski definition) is 2. The summed E-state index contributed by atoms with van der Waals surface area (Å²) in [6, 6.07) is 17.1. The number of carbonyl (C=O) groups excluding carboxylic acids is 2. The Balaban J connectivity index is 1.88. The Bertz CT molecular complexity index is 980. The van der Waals surface area contributed by atoms with Gasteiger partial charge in [0.05, 0.1) is 11.1 Å². The molecule has 0 aromatic heterocycles. The van der Waals surface area contributed by atoms with Crippen molar-refractivity contribution < 1.29 is 9.59 Å². The van der Waals surface area contributed by atoms with E-state index in [4.69, 9.17) is 23.2 Å². The lowest BCUT2D eigenvalue weighted by molar-refractivity contribution is 0.0990. The molecule has 0 fully saturated rings. The highest BCUT2D eigenvalue weighted by atomic mass is 35.5. The zero-order valence-corrected chi connectivity index (χ0v) is 16.9. The molecule has 6 heteroatoms. The molecule has 0 spiro atoms. The Hall–Kier alpha value is -2.82. The van der Waals surface area contributed by atoms with E-state index in [1.165, 1.54) is 0 Å². The van der Waals surface area contributed by atoms with Crippen LogP contribution in [-0.2, 0) is 0 Å². The molecule has 3 aromatic rings. The molecule has 0 aliphatic carbocycles. The van der Waals surface area contributed by atoms with Crippen molar-refractivity contribution in [2.45, 2.75) is 13.8 Å². The quantitative estimate of drug-likeness (QED) is 0.542. The fraction of sp³-hybridized carbons (Fsp3) is 0.0909. The number of amides is 2. The van der Waals surface area contributed by atoms with Crippen LogP contribution in [0.15, 0.2) is 60.7 Å². The van der Waals surface area contributed by atoms with Gasteiger partial charge in [0.25, 0.3) is 11.8 Å². The fourth-order valence-electron chi connectivity index (χ4n) is 2.72. The van der Waals surface area contributed by atoms with E-state index in [-0.39, 0.29) is 22.9 Å². The Morgan fingerprint density at radius 3 is 1.46 bits per heavy atom. The summed E-state index contributed by atoms with van der Waals surface area (Å²) in [6.07, 6.45) is 0. The van der Waals surface area contributed by atoms with Crippen molar-refractivity contribution in [2.75, 3.05) is 10.6 Å². The minimum atomic E-state index is -0.390. The molecule has 2 N–H and O–H groups in total. The van der Waals surface area contributed by atoms with Gasteiger partial charge in [-0.2, -0.15) is 0 Å². The lowest BCUT2D eigenvalue weighted by Gasteiger charge is -2.13. The summed E-state index contributed by atoms with van der Waals surface area (Å²) < 4.78 is 0. The number of benzene rings is 3. The Morgan fingerprint density at radius 2 is 1.07 bits per heavy atom. The normalized spacial score (nSPS) is 10.4. The van der Waals surface area contributed by atoms with Crippen molar-refractivity contribution in [3.63, 3.8) is 0 Å². The molecule has 0 bridgehead atoms. The Labute approximate surface area is 173 Å². The highest BCUT2D eigenvalue weighted by molar-refractivity contribution is 6.31. The van der Waals surface area contributed by atoms with Crippen LogP contribution in [-0.4, -0.2) is 11.8 Å². The highest BCUT2D eigenvalue weighted by Crippen LogP contribution is 2.23. The molecule has 2 amide bonds. The van der Waals surface area contributed by atoms with Crippen LogP contribution in [0.1, 0.15) is 31.8 Å². The summed E-state index contributed by atoms with van der Waals surface area (Å²) in [5, 5.41) is 6.68. The summed E-state index contributed by atoms with van der Waals surface area (Å²) in [6.45, 7) is 3.74. The van der Waals surface area contributed by atoms with E-state index in [0.717, 1.165) is 11.1 Å². The number of rotatable bonds is 4. The van der Waals surface area contributed by atoms with Gasteiger partial charge >= 0.3 is 0 Å². The number of halogens is 2. The maximum atomic E-state index is 12.8. The van der Waals surface area contributed by atoms with E-state index in [1.54, 1.807) is 48.5 Å². The maximum Gasteiger partial charge on any atom is 0.256 e. The third kappa shape index (κ3) is 4.53. The van der Waals surface area contributed by atoms with Gasteiger partial charge in [-0.1, -0.05) is 47.5 Å². The van der Waals surface area contributed by atoms with Gasteiger partial charge in [0, 0.05) is 21.4 Å². The first kappa shape index (κ1) is 19.9. The van der Waals surface area contributed by atoms with Gasteiger partial charge in [-0.05, 0) is 61.4 Å². The molecule has 0 heterocycles. The summed E-state index contributed by atoms with van der Waals surface area (Å²) in [5.41, 5.74) is 3.46. The maximum absolute atomic E-state index is 12.8. The molecule has 28 heavy (non-hydrogen) atoms. The smallest absolute Gasteiger partial charge is 0.256 e. The second-order valence-corrected chi connectivity index (χ2v) is 7.25. The molecular weight excluding hydrogens is 395 g/mol. The standard InChI is InChI=1S/C22H18Cl2N2O2/c1-13-7-9-15(23)11-19(13)25-21(27)17-5-3-4-6-18(17)22(28)26-20-12-16(24)10-8-14(20)2/h3-12H,1-2H3,(H,25,27)(H,26,28). The van der Waals surface area contributed by atoms with Crippen LogP contribution in [0.2, 0.25) is 10.0 Å².